The van der Waals surface area contributed by atoms with Crippen LogP contribution < -0.4 is 16.3 Å². The van der Waals surface area contributed by atoms with Gasteiger partial charge in [0.2, 0.25) is 5.91 Å². The molecule has 7 heteroatoms. The molecule has 0 aliphatic rings. The van der Waals surface area contributed by atoms with Gasteiger partial charge in [-0.3, -0.25) is 4.79 Å². The fourth-order valence-electron chi connectivity index (χ4n) is 4.04. The minimum atomic E-state index is -0.820. The number of anilines is 1. The Labute approximate surface area is 212 Å². The first-order chi connectivity index (χ1) is 17.5. The van der Waals surface area contributed by atoms with Crippen LogP contribution in [0.25, 0.3) is 11.0 Å². The summed E-state index contributed by atoms with van der Waals surface area (Å²) >= 11 is 0. The molecule has 1 aromatic heterocycles. The number of aryl methyl sites for hydroxylation is 1. The van der Waals surface area contributed by atoms with Crippen LogP contribution >= 0.6 is 0 Å². The third-order valence-electron chi connectivity index (χ3n) is 6.09. The maximum Gasteiger partial charge on any atom is 0.408 e. The highest BCUT2D eigenvalue weighted by atomic mass is 16.5. The van der Waals surface area contributed by atoms with Crippen LogP contribution in [-0.4, -0.2) is 18.0 Å². The topological polar surface area (TPSA) is 97.6 Å². The molecule has 2 aromatic carbocycles. The molecule has 36 heavy (non-hydrogen) atoms. The van der Waals surface area contributed by atoms with Crippen molar-refractivity contribution < 1.29 is 18.7 Å². The lowest BCUT2D eigenvalue weighted by Crippen LogP contribution is -2.41. The van der Waals surface area contributed by atoms with Crippen molar-refractivity contribution in [2.75, 3.05) is 5.32 Å². The minimum Gasteiger partial charge on any atom is -0.445 e. The number of hydrogen-bond acceptors (Lipinski definition) is 5. The summed E-state index contributed by atoms with van der Waals surface area (Å²) in [5.41, 5.74) is 2.33. The van der Waals surface area contributed by atoms with Crippen LogP contribution in [0.5, 0.6) is 0 Å². The van der Waals surface area contributed by atoms with Gasteiger partial charge in [-0.25, -0.2) is 9.59 Å². The molecule has 192 valence electrons. The Morgan fingerprint density at radius 2 is 1.67 bits per heavy atom. The van der Waals surface area contributed by atoms with E-state index in [-0.39, 0.29) is 6.61 Å². The quantitative estimate of drug-likeness (QED) is 0.214. The lowest BCUT2D eigenvalue weighted by atomic mass is 10.0. The number of nitrogens with one attached hydrogen (secondary N) is 2. The molecule has 0 unspecified atom stereocenters. The van der Waals surface area contributed by atoms with Gasteiger partial charge in [-0.1, -0.05) is 75.8 Å². The highest BCUT2D eigenvalue weighted by molar-refractivity contribution is 5.97. The Morgan fingerprint density at radius 3 is 2.42 bits per heavy atom. The third-order valence-corrected chi connectivity index (χ3v) is 6.09. The Bertz CT molecular complexity index is 1190. The standard InChI is InChI=1S/C29H36N2O5/c1-3-4-5-6-7-8-12-15-23-18-27(32)36-26-19-24(16-17-25(23)26)31-28(33)21(2)30-29(34)35-20-22-13-10-9-11-14-22/h9-11,13-14,16-19,21H,3-8,12,15,20H2,1-2H3,(H,30,34)(H,31,33)/t21-/m0/s1. The van der Waals surface area contributed by atoms with Crippen LogP contribution in [0.15, 0.2) is 63.8 Å². The van der Waals surface area contributed by atoms with E-state index >= 15 is 0 Å². The van der Waals surface area contributed by atoms with Gasteiger partial charge >= 0.3 is 11.7 Å². The molecule has 3 aromatic rings. The van der Waals surface area contributed by atoms with Gasteiger partial charge in [0, 0.05) is 23.2 Å². The van der Waals surface area contributed by atoms with Gasteiger partial charge in [-0.15, -0.1) is 0 Å². The van der Waals surface area contributed by atoms with Crippen molar-refractivity contribution in [3.8, 4) is 0 Å². The van der Waals surface area contributed by atoms with E-state index in [2.05, 4.69) is 17.6 Å². The van der Waals surface area contributed by atoms with E-state index < -0.39 is 23.7 Å². The number of ether oxygens (including phenoxy) is 1. The predicted molar refractivity (Wildman–Crippen MR) is 142 cm³/mol. The fraction of sp³-hybridized carbons (Fsp3) is 0.414. The van der Waals surface area contributed by atoms with E-state index in [4.69, 9.17) is 9.15 Å². The Kier molecular flexibility index (Phi) is 10.5. The zero-order valence-corrected chi connectivity index (χ0v) is 21.2. The Hall–Kier alpha value is -3.61. The molecule has 1 heterocycles. The number of hydrogen-bond donors (Lipinski definition) is 2. The first-order valence-corrected chi connectivity index (χ1v) is 12.8. The summed E-state index contributed by atoms with van der Waals surface area (Å²) in [5.74, 6) is -0.410. The molecule has 0 radical (unpaired) electrons. The van der Waals surface area contributed by atoms with Crippen molar-refractivity contribution in [3.63, 3.8) is 0 Å². The maximum atomic E-state index is 12.6. The fourth-order valence-corrected chi connectivity index (χ4v) is 4.04. The number of benzene rings is 2. The van der Waals surface area contributed by atoms with Crippen LogP contribution in [0.4, 0.5) is 10.5 Å². The van der Waals surface area contributed by atoms with Crippen molar-refractivity contribution in [2.45, 2.75) is 77.9 Å². The largest absolute Gasteiger partial charge is 0.445 e. The molecule has 0 fully saturated rings. The second-order valence-corrected chi connectivity index (χ2v) is 9.09. The minimum absolute atomic E-state index is 0.117. The van der Waals surface area contributed by atoms with Crippen LogP contribution in [0.2, 0.25) is 0 Å². The molecule has 0 aliphatic carbocycles. The van der Waals surface area contributed by atoms with E-state index in [1.54, 1.807) is 25.1 Å². The van der Waals surface area contributed by atoms with Crippen LogP contribution in [-0.2, 0) is 22.6 Å². The summed E-state index contributed by atoms with van der Waals surface area (Å²) in [7, 11) is 0. The lowest BCUT2D eigenvalue weighted by molar-refractivity contribution is -0.117. The zero-order valence-electron chi connectivity index (χ0n) is 21.2. The lowest BCUT2D eigenvalue weighted by Gasteiger charge is -2.15. The molecule has 7 nitrogen and oxygen atoms in total. The molecule has 0 aliphatic heterocycles. The Balaban J connectivity index is 1.53. The van der Waals surface area contributed by atoms with E-state index in [9.17, 15) is 14.4 Å². The van der Waals surface area contributed by atoms with Crippen LogP contribution in [0.1, 0.15) is 69.9 Å². The second kappa shape index (κ2) is 14.1. The van der Waals surface area contributed by atoms with E-state index in [1.165, 1.54) is 32.1 Å². The number of unbranched alkanes of at least 4 members (excludes halogenated alkanes) is 6. The number of carbonyl (C=O) groups excluding carboxylic acids is 2. The van der Waals surface area contributed by atoms with Crippen molar-refractivity contribution in [1.29, 1.82) is 0 Å². The molecule has 0 saturated carbocycles. The number of alkyl carbamates (subject to hydrolysis) is 1. The number of carbonyl (C=O) groups is 2. The Morgan fingerprint density at radius 1 is 0.944 bits per heavy atom. The number of amides is 2. The molecule has 0 bridgehead atoms. The summed E-state index contributed by atoms with van der Waals surface area (Å²) in [5, 5.41) is 6.15. The first-order valence-electron chi connectivity index (χ1n) is 12.8. The van der Waals surface area contributed by atoms with Crippen LogP contribution in [0.3, 0.4) is 0 Å². The average molecular weight is 493 g/mol. The van der Waals surface area contributed by atoms with Crippen molar-refractivity contribution in [2.24, 2.45) is 0 Å². The first kappa shape index (κ1) is 27.0. The highest BCUT2D eigenvalue weighted by Crippen LogP contribution is 2.23. The van der Waals surface area contributed by atoms with Gasteiger partial charge in [0.15, 0.2) is 0 Å². The predicted octanol–water partition coefficient (Wildman–Crippen LogP) is 6.34. The SMILES string of the molecule is CCCCCCCCCc1cc(=O)oc2cc(NC(=O)[C@H](C)NC(=O)OCc3ccccc3)ccc12. The normalized spacial score (nSPS) is 11.7. The molecule has 0 saturated heterocycles. The van der Waals surface area contributed by atoms with Crippen LogP contribution in [0, 0.1) is 0 Å². The summed E-state index contributed by atoms with van der Waals surface area (Å²) in [6, 6.07) is 15.3. The molecule has 2 amide bonds. The van der Waals surface area contributed by atoms with Gasteiger partial charge in [-0.2, -0.15) is 0 Å². The molecule has 3 rings (SSSR count). The third kappa shape index (κ3) is 8.56. The van der Waals surface area contributed by atoms with Crippen molar-refractivity contribution in [3.05, 3.63) is 76.1 Å². The molecular weight excluding hydrogens is 456 g/mol. The van der Waals surface area contributed by atoms with Crippen molar-refractivity contribution >= 4 is 28.7 Å². The zero-order chi connectivity index (χ0) is 25.8. The van der Waals surface area contributed by atoms with Gasteiger partial charge in [0.05, 0.1) is 0 Å². The van der Waals surface area contributed by atoms with E-state index in [1.807, 2.05) is 36.4 Å². The van der Waals surface area contributed by atoms with Gasteiger partial charge in [0.1, 0.15) is 18.2 Å². The molecular formula is C29H36N2O5. The maximum absolute atomic E-state index is 12.6. The van der Waals surface area contributed by atoms with Crippen molar-refractivity contribution in [1.82, 2.24) is 5.32 Å². The summed E-state index contributed by atoms with van der Waals surface area (Å²) in [6.45, 7) is 3.90. The number of rotatable bonds is 13. The number of fused-ring (bicyclic) bond motifs is 1. The highest BCUT2D eigenvalue weighted by Gasteiger charge is 2.17. The van der Waals surface area contributed by atoms with Gasteiger partial charge in [-0.05, 0) is 43.0 Å². The monoisotopic (exact) mass is 492 g/mol. The summed E-state index contributed by atoms with van der Waals surface area (Å²) in [6.07, 6.45) is 8.57. The molecule has 2 N–H and O–H groups in total. The summed E-state index contributed by atoms with van der Waals surface area (Å²) < 4.78 is 10.6. The molecule has 1 atom stereocenters. The van der Waals surface area contributed by atoms with E-state index in [0.29, 0.717) is 11.3 Å². The van der Waals surface area contributed by atoms with Gasteiger partial charge < -0.3 is 19.8 Å². The average Bonchev–Trinajstić information content (AvgIpc) is 2.87. The second-order valence-electron chi connectivity index (χ2n) is 9.09. The smallest absolute Gasteiger partial charge is 0.408 e. The molecule has 0 spiro atoms. The van der Waals surface area contributed by atoms with Gasteiger partial charge in [0.25, 0.3) is 0 Å². The van der Waals surface area contributed by atoms with E-state index in [0.717, 1.165) is 35.8 Å². The summed E-state index contributed by atoms with van der Waals surface area (Å²) in [4.78, 5) is 36.8.